The summed E-state index contributed by atoms with van der Waals surface area (Å²) in [7, 11) is 2.09. The topological polar surface area (TPSA) is 43.8 Å². The van der Waals surface area contributed by atoms with E-state index in [1.54, 1.807) is 0 Å². The van der Waals surface area contributed by atoms with Crippen molar-refractivity contribution in [2.45, 2.75) is 18.9 Å². The van der Waals surface area contributed by atoms with E-state index in [4.69, 9.17) is 5.11 Å². The Hall–Kier alpha value is -1.55. The fourth-order valence-electron chi connectivity index (χ4n) is 2.59. The fraction of sp³-hybridized carbons (Fsp3) is 0.500. The first-order chi connectivity index (χ1) is 8.66. The van der Waals surface area contributed by atoms with Gasteiger partial charge >= 0.3 is 5.97 Å². The summed E-state index contributed by atoms with van der Waals surface area (Å²) < 4.78 is 0. The van der Waals surface area contributed by atoms with Gasteiger partial charge in [-0.1, -0.05) is 18.2 Å². The summed E-state index contributed by atoms with van der Waals surface area (Å²) >= 11 is 0. The number of likely N-dealkylation sites (N-methyl/N-ethyl adjacent to an activating group) is 1. The van der Waals surface area contributed by atoms with Crippen LogP contribution < -0.4 is 4.90 Å². The highest BCUT2D eigenvalue weighted by molar-refractivity contribution is 5.74. The normalized spacial score (nSPS) is 20.6. The van der Waals surface area contributed by atoms with E-state index in [9.17, 15) is 4.79 Å². The standard InChI is InChI=1S/C14H20N2O2/c1-15-9-5-8-13(10-15)16(11-14(17)18)12-6-3-2-4-7-12/h2-4,6-7,13H,5,8-11H2,1H3,(H,17,18). The van der Waals surface area contributed by atoms with Crippen molar-refractivity contribution in [2.75, 3.05) is 31.6 Å². The maximum absolute atomic E-state index is 11.1. The van der Waals surface area contributed by atoms with Gasteiger partial charge in [-0.25, -0.2) is 0 Å². The number of carboxylic acid groups (broad SMARTS) is 1. The third-order valence-corrected chi connectivity index (χ3v) is 3.43. The second-order valence-corrected chi connectivity index (χ2v) is 4.92. The Kier molecular flexibility index (Phi) is 4.20. The number of aliphatic carboxylic acids is 1. The van der Waals surface area contributed by atoms with Gasteiger partial charge in [0.2, 0.25) is 0 Å². The summed E-state index contributed by atoms with van der Waals surface area (Å²) in [5.41, 5.74) is 1.00. The molecule has 1 fully saturated rings. The Morgan fingerprint density at radius 1 is 1.44 bits per heavy atom. The van der Waals surface area contributed by atoms with Crippen LogP contribution in [-0.4, -0.2) is 48.7 Å². The Morgan fingerprint density at radius 2 is 2.17 bits per heavy atom. The van der Waals surface area contributed by atoms with Crippen molar-refractivity contribution in [1.29, 1.82) is 0 Å². The van der Waals surface area contributed by atoms with Gasteiger partial charge in [-0.2, -0.15) is 0 Å². The predicted octanol–water partition coefficient (Wildman–Crippen LogP) is 1.67. The van der Waals surface area contributed by atoms with Crippen molar-refractivity contribution >= 4 is 11.7 Å². The molecule has 0 aromatic heterocycles. The minimum absolute atomic E-state index is 0.0719. The first-order valence-electron chi connectivity index (χ1n) is 6.39. The highest BCUT2D eigenvalue weighted by Gasteiger charge is 2.25. The molecule has 2 rings (SSSR count). The molecule has 0 radical (unpaired) electrons. The lowest BCUT2D eigenvalue weighted by Gasteiger charge is -2.38. The average molecular weight is 248 g/mol. The highest BCUT2D eigenvalue weighted by Crippen LogP contribution is 2.22. The van der Waals surface area contributed by atoms with E-state index in [0.29, 0.717) is 6.04 Å². The van der Waals surface area contributed by atoms with Crippen molar-refractivity contribution in [1.82, 2.24) is 4.90 Å². The molecular formula is C14H20N2O2. The molecule has 1 atom stereocenters. The molecule has 0 bridgehead atoms. The van der Waals surface area contributed by atoms with Gasteiger partial charge < -0.3 is 14.9 Å². The molecule has 4 heteroatoms. The quantitative estimate of drug-likeness (QED) is 0.880. The van der Waals surface area contributed by atoms with Crippen LogP contribution in [0.4, 0.5) is 5.69 Å². The number of piperidine rings is 1. The Morgan fingerprint density at radius 3 is 2.78 bits per heavy atom. The molecule has 0 saturated carbocycles. The largest absolute Gasteiger partial charge is 0.480 e. The second kappa shape index (κ2) is 5.87. The molecular weight excluding hydrogens is 228 g/mol. The van der Waals surface area contributed by atoms with Crippen LogP contribution in [0.5, 0.6) is 0 Å². The number of rotatable bonds is 4. The number of nitrogens with zero attached hydrogens (tertiary/aromatic N) is 2. The lowest BCUT2D eigenvalue weighted by molar-refractivity contribution is -0.135. The van der Waals surface area contributed by atoms with E-state index in [2.05, 4.69) is 11.9 Å². The number of para-hydroxylation sites is 1. The lowest BCUT2D eigenvalue weighted by atomic mass is 10.0. The molecule has 18 heavy (non-hydrogen) atoms. The van der Waals surface area contributed by atoms with Crippen LogP contribution in [0.2, 0.25) is 0 Å². The number of likely N-dealkylation sites (tertiary alicyclic amines) is 1. The molecule has 0 spiro atoms. The van der Waals surface area contributed by atoms with Crippen LogP contribution in [0, 0.1) is 0 Å². The minimum Gasteiger partial charge on any atom is -0.480 e. The zero-order valence-corrected chi connectivity index (χ0v) is 10.7. The van der Waals surface area contributed by atoms with Crippen molar-refractivity contribution in [3.05, 3.63) is 30.3 Å². The highest BCUT2D eigenvalue weighted by atomic mass is 16.4. The van der Waals surface area contributed by atoms with Crippen molar-refractivity contribution in [2.24, 2.45) is 0 Å². The van der Waals surface area contributed by atoms with Gasteiger partial charge in [-0.05, 0) is 38.6 Å². The zero-order chi connectivity index (χ0) is 13.0. The molecule has 4 nitrogen and oxygen atoms in total. The van der Waals surface area contributed by atoms with Gasteiger partial charge in [-0.15, -0.1) is 0 Å². The molecule has 1 unspecified atom stereocenters. The van der Waals surface area contributed by atoms with E-state index in [1.807, 2.05) is 35.2 Å². The van der Waals surface area contributed by atoms with Crippen LogP contribution in [0.15, 0.2) is 30.3 Å². The Bertz CT molecular complexity index is 394. The van der Waals surface area contributed by atoms with Crippen LogP contribution >= 0.6 is 0 Å². The molecule has 98 valence electrons. The lowest BCUT2D eigenvalue weighted by Crippen LogP contribution is -2.48. The van der Waals surface area contributed by atoms with Crippen molar-refractivity contribution in [3.8, 4) is 0 Å². The molecule has 0 aliphatic carbocycles. The summed E-state index contributed by atoms with van der Waals surface area (Å²) in [6.07, 6.45) is 2.19. The average Bonchev–Trinajstić information content (AvgIpc) is 2.37. The number of anilines is 1. The molecule has 1 aromatic rings. The monoisotopic (exact) mass is 248 g/mol. The molecule has 0 amide bonds. The molecule has 1 N–H and O–H groups in total. The van der Waals surface area contributed by atoms with Gasteiger partial charge in [0.05, 0.1) is 0 Å². The smallest absolute Gasteiger partial charge is 0.323 e. The summed E-state index contributed by atoms with van der Waals surface area (Å²) in [5.74, 6) is -0.771. The third kappa shape index (κ3) is 3.23. The Labute approximate surface area is 108 Å². The number of benzene rings is 1. The minimum atomic E-state index is -0.771. The number of carboxylic acids is 1. The number of hydrogen-bond acceptors (Lipinski definition) is 3. The second-order valence-electron chi connectivity index (χ2n) is 4.92. The third-order valence-electron chi connectivity index (χ3n) is 3.43. The van der Waals surface area contributed by atoms with Crippen LogP contribution in [0.1, 0.15) is 12.8 Å². The first-order valence-corrected chi connectivity index (χ1v) is 6.39. The zero-order valence-electron chi connectivity index (χ0n) is 10.7. The van der Waals surface area contributed by atoms with Gasteiger partial charge in [-0.3, -0.25) is 4.79 Å². The van der Waals surface area contributed by atoms with E-state index >= 15 is 0 Å². The van der Waals surface area contributed by atoms with E-state index < -0.39 is 5.97 Å². The van der Waals surface area contributed by atoms with Crippen LogP contribution in [0.3, 0.4) is 0 Å². The maximum Gasteiger partial charge on any atom is 0.323 e. The molecule has 1 aromatic carbocycles. The summed E-state index contributed by atoms with van der Waals surface area (Å²) in [4.78, 5) is 15.3. The fourth-order valence-corrected chi connectivity index (χ4v) is 2.59. The van der Waals surface area contributed by atoms with Crippen molar-refractivity contribution in [3.63, 3.8) is 0 Å². The predicted molar refractivity (Wildman–Crippen MR) is 71.9 cm³/mol. The van der Waals surface area contributed by atoms with Gasteiger partial charge in [0, 0.05) is 18.3 Å². The van der Waals surface area contributed by atoms with E-state index in [-0.39, 0.29) is 6.54 Å². The van der Waals surface area contributed by atoms with E-state index in [1.165, 1.54) is 0 Å². The molecule has 1 saturated heterocycles. The van der Waals surface area contributed by atoms with Crippen LogP contribution in [0.25, 0.3) is 0 Å². The SMILES string of the molecule is CN1CCCC(N(CC(=O)O)c2ccccc2)C1. The van der Waals surface area contributed by atoms with E-state index in [0.717, 1.165) is 31.6 Å². The summed E-state index contributed by atoms with van der Waals surface area (Å²) in [5, 5.41) is 9.09. The van der Waals surface area contributed by atoms with Crippen molar-refractivity contribution < 1.29 is 9.90 Å². The number of hydrogen-bond donors (Lipinski definition) is 1. The first kappa shape index (κ1) is 12.9. The number of carbonyl (C=O) groups is 1. The summed E-state index contributed by atoms with van der Waals surface area (Å²) in [6.45, 7) is 2.11. The molecule has 1 heterocycles. The van der Waals surface area contributed by atoms with Gasteiger partial charge in [0.25, 0.3) is 0 Å². The molecule has 1 aliphatic heterocycles. The maximum atomic E-state index is 11.1. The Balaban J connectivity index is 2.16. The summed E-state index contributed by atoms with van der Waals surface area (Å²) in [6, 6.07) is 10.1. The molecule has 1 aliphatic rings. The van der Waals surface area contributed by atoms with Crippen LogP contribution in [-0.2, 0) is 4.79 Å². The van der Waals surface area contributed by atoms with Gasteiger partial charge in [0.15, 0.2) is 0 Å². The van der Waals surface area contributed by atoms with Gasteiger partial charge in [0.1, 0.15) is 6.54 Å².